The summed E-state index contributed by atoms with van der Waals surface area (Å²) < 4.78 is 484. The number of hydrogen-bond acceptors (Lipinski definition) is 0. The largest absolute Gasteiger partial charge is 0.0636 e. The molecule has 0 aliphatic carbocycles. The summed E-state index contributed by atoms with van der Waals surface area (Å²) in [5.74, 6) is 0. The minimum Gasteiger partial charge on any atom is -0.0622 e. The Morgan fingerprint density at radius 3 is 0.881 bits per heavy atom. The van der Waals surface area contributed by atoms with Crippen molar-refractivity contribution in [3.63, 3.8) is 0 Å². The van der Waals surface area contributed by atoms with E-state index in [2.05, 4.69) is 0 Å². The molecule has 0 saturated carbocycles. The maximum Gasteiger partial charge on any atom is 0.0636 e. The van der Waals surface area contributed by atoms with Gasteiger partial charge in [-0.1, -0.05) is 320 Å². The van der Waals surface area contributed by atoms with E-state index < -0.39 is 490 Å². The van der Waals surface area contributed by atoms with Gasteiger partial charge in [-0.15, -0.1) is 0 Å². The summed E-state index contributed by atoms with van der Waals surface area (Å²) in [6.45, 7) is 0. The molecule has 0 aliphatic rings. The van der Waals surface area contributed by atoms with Crippen molar-refractivity contribution in [3.8, 4) is 66.8 Å². The van der Waals surface area contributed by atoms with Crippen LogP contribution in [0.3, 0.4) is 0 Å². The summed E-state index contributed by atoms with van der Waals surface area (Å²) in [4.78, 5) is 0. The Morgan fingerprint density at radius 1 is 0.143 bits per heavy atom. The summed E-state index contributed by atoms with van der Waals surface area (Å²) in [7, 11) is 0. The Hall–Kier alpha value is -10.9. The molecular weight excluding hydrogens is 1010 g/mol. The van der Waals surface area contributed by atoms with E-state index in [9.17, 15) is 27.4 Å². The number of rotatable bonds is 6. The molecule has 0 heterocycles. The molecule has 84 heavy (non-hydrogen) atoms. The number of benzene rings is 17. The standard InChI is InChI=1S/C44H28.C40H26/c1-2-14-31-28-32(27-26-29(31)12-1)34-21-10-23-36-35(34)22-11-25-38(36)44-41-19-7-5-17-39(41)43(40-18-6-8-20-42(40)44)37-24-9-15-30-13-3-4-16-33(30)37;1-2-14-28(15-3-1)39-35-18-6-8-20-37(35)40(38-21-9-7-19-36(38)39)34-26-12-24-32-31(23-11-25-33(32)34)30-22-10-16-27-13-4-5-17-29(27)30/h1-28H;1-26H/i1D,2D,3D,4D,5D,6D,7D,8D,9D,10D,11D,12D,13D,14D,15D,16D,17D,18D,19D,20D,21D,22D,23D,24D,25D,26D,27D,28D;1D,2D,3D,4D,5D,6D,7D,8D,9D,10D,11D,12D,13D,14D,15D,16D,17D,18D,19D,20D,21D,22D,23D,24D,25D,26D. The molecule has 0 bridgehead atoms. The lowest BCUT2D eigenvalue weighted by Crippen LogP contribution is -1.92. The van der Waals surface area contributed by atoms with E-state index in [0.29, 0.717) is 0 Å². The lowest BCUT2D eigenvalue weighted by Gasteiger charge is -2.20. The summed E-state index contributed by atoms with van der Waals surface area (Å²) in [5.41, 5.74) is -9.13. The van der Waals surface area contributed by atoms with Crippen molar-refractivity contribution >= 4 is 97.0 Å². The van der Waals surface area contributed by atoms with Gasteiger partial charge < -0.3 is 0 Å². The Balaban J connectivity index is 0.000000200. The van der Waals surface area contributed by atoms with E-state index in [-0.39, 0.29) is 0 Å². The molecule has 17 aromatic carbocycles. The van der Waals surface area contributed by atoms with Crippen LogP contribution in [-0.4, -0.2) is 0 Å². The van der Waals surface area contributed by atoms with Gasteiger partial charge in [0.15, 0.2) is 0 Å². The first-order valence-corrected chi connectivity index (χ1v) is 24.8. The SMILES string of the molecule is [2H]c1c([2H])c([2H])c(-c2c3c([2H])c([2H])c([2H])c([2H])c3c(-c3c([2H])c([2H])c([2H])c4c(-c5c([2H])c([2H])c([2H])c6c([2H])c([2H])c([2H])c([2H])c56)c([2H])c([2H])c([2H])c34)c3c([2H])c([2H])c([2H])c([2H])c23)c([2H])c1[2H].[2H]c1c([2H])c([2H])c2c([2H])c(-c3c([2H])c([2H])c([2H])c4c(-c5c6c([2H])c([2H])c([2H])c([2H])c6c(-c6c([2H])c([2H])c([2H])c7c([2H])c([2H])c([2H])c([2H])c67)c6c([2H])c([2H])c([2H])c([2H])c56)c([2H])c([2H])c([2H])c34)c([2H])c([2H])c2c1[2H]. The summed E-state index contributed by atoms with van der Waals surface area (Å²) in [6, 6.07) is -51.7. The topological polar surface area (TPSA) is 0 Å². The highest BCUT2D eigenvalue weighted by molar-refractivity contribution is 6.27. The van der Waals surface area contributed by atoms with Crippen molar-refractivity contribution in [3.05, 3.63) is 326 Å². The molecule has 0 unspecified atom stereocenters. The van der Waals surface area contributed by atoms with Gasteiger partial charge in [-0.3, -0.25) is 0 Å². The average Bonchev–Trinajstić information content (AvgIpc) is 0.681. The lowest BCUT2D eigenvalue weighted by molar-refractivity contribution is 1.66. The fraction of sp³-hybridized carbons (Fsp3) is 0. The molecule has 0 atom stereocenters. The second-order valence-corrected chi connectivity index (χ2v) is 18.0. The Kier molecular flexibility index (Phi) is 4.60. The highest BCUT2D eigenvalue weighted by Gasteiger charge is 2.22. The zero-order chi connectivity index (χ0) is 102. The van der Waals surface area contributed by atoms with Crippen molar-refractivity contribution in [2.75, 3.05) is 0 Å². The van der Waals surface area contributed by atoms with Crippen molar-refractivity contribution in [2.45, 2.75) is 0 Å². The van der Waals surface area contributed by atoms with Gasteiger partial charge in [-0.25, -0.2) is 0 Å². The molecule has 0 radical (unpaired) electrons. The van der Waals surface area contributed by atoms with Crippen LogP contribution in [0.15, 0.2) is 326 Å². The molecule has 0 amide bonds. The molecule has 390 valence electrons. The van der Waals surface area contributed by atoms with E-state index in [4.69, 9.17) is 46.6 Å². The summed E-state index contributed by atoms with van der Waals surface area (Å²) in [6.07, 6.45) is 0. The van der Waals surface area contributed by atoms with E-state index in [1.54, 1.807) is 0 Å². The third-order valence-corrected chi connectivity index (χ3v) is 13.6. The van der Waals surface area contributed by atoms with Crippen LogP contribution in [0.5, 0.6) is 0 Å². The molecule has 17 rings (SSSR count). The Morgan fingerprint density at radius 2 is 0.417 bits per heavy atom. The zero-order valence-electron chi connectivity index (χ0n) is 96.0. The van der Waals surface area contributed by atoms with Crippen LogP contribution in [0.4, 0.5) is 0 Å². The number of fused-ring (bicyclic) bond motifs is 9. The fourth-order valence-electron chi connectivity index (χ4n) is 10.2. The minimum atomic E-state index is -1.09. The molecule has 0 saturated heterocycles. The molecule has 0 fully saturated rings. The average molecular weight is 1120 g/mol. The smallest absolute Gasteiger partial charge is 0.0622 e. The summed E-state index contributed by atoms with van der Waals surface area (Å²) >= 11 is 0. The van der Waals surface area contributed by atoms with Crippen LogP contribution in [0.1, 0.15) is 74.0 Å². The van der Waals surface area contributed by atoms with E-state index >= 15 is 0 Å². The van der Waals surface area contributed by atoms with Gasteiger partial charge in [0.05, 0.1) is 74.0 Å². The molecule has 17 aromatic rings. The van der Waals surface area contributed by atoms with Crippen molar-refractivity contribution in [1.29, 1.82) is 0 Å². The first-order valence-electron chi connectivity index (χ1n) is 51.8. The van der Waals surface area contributed by atoms with Gasteiger partial charge in [-0.2, -0.15) is 0 Å². The highest BCUT2D eigenvalue weighted by Crippen LogP contribution is 2.49. The maximum absolute atomic E-state index is 9.54. The van der Waals surface area contributed by atoms with Gasteiger partial charge in [0.2, 0.25) is 0 Å². The second-order valence-electron chi connectivity index (χ2n) is 18.0. The van der Waals surface area contributed by atoms with Crippen LogP contribution < -0.4 is 0 Å². The van der Waals surface area contributed by atoms with Crippen LogP contribution in [0.25, 0.3) is 164 Å². The quantitative estimate of drug-likeness (QED) is 0.146. The molecule has 0 aliphatic heterocycles. The first kappa shape index (κ1) is 18.8. The van der Waals surface area contributed by atoms with Crippen LogP contribution >= 0.6 is 0 Å². The first-order chi connectivity index (χ1) is 64.2. The monoisotopic (exact) mass is 1120 g/mol. The second kappa shape index (κ2) is 20.6. The van der Waals surface area contributed by atoms with Gasteiger partial charge in [0, 0.05) is 0 Å². The normalized spacial score (nSPS) is 20.6. The molecule has 0 N–H and O–H groups in total. The minimum absolute atomic E-state index is 0.574. The Labute approximate surface area is 564 Å². The maximum atomic E-state index is 9.54. The van der Waals surface area contributed by atoms with Crippen molar-refractivity contribution in [1.82, 2.24) is 0 Å². The van der Waals surface area contributed by atoms with Crippen molar-refractivity contribution in [2.24, 2.45) is 0 Å². The highest BCUT2D eigenvalue weighted by atomic mass is 14.2. The molecule has 0 aromatic heterocycles. The lowest BCUT2D eigenvalue weighted by atomic mass is 9.83. The molecule has 0 heteroatoms. The van der Waals surface area contributed by atoms with Crippen molar-refractivity contribution < 1.29 is 74.0 Å². The van der Waals surface area contributed by atoms with Gasteiger partial charge >= 0.3 is 0 Å². The van der Waals surface area contributed by atoms with E-state index in [1.165, 1.54) is 0 Å². The van der Waals surface area contributed by atoms with Crippen LogP contribution in [0, 0.1) is 0 Å². The number of hydrogen-bond donors (Lipinski definition) is 0. The predicted octanol–water partition coefficient (Wildman–Crippen LogP) is 23.8. The van der Waals surface area contributed by atoms with Gasteiger partial charge in [-0.05, 0) is 170 Å². The zero-order valence-corrected chi connectivity index (χ0v) is 42.0. The van der Waals surface area contributed by atoms with Gasteiger partial charge in [0.25, 0.3) is 0 Å². The predicted molar refractivity (Wildman–Crippen MR) is 363 cm³/mol. The van der Waals surface area contributed by atoms with Gasteiger partial charge in [0.1, 0.15) is 0 Å². The summed E-state index contributed by atoms with van der Waals surface area (Å²) in [5, 5.41) is -12.8. The van der Waals surface area contributed by atoms with E-state index in [1.807, 2.05) is 0 Å². The van der Waals surface area contributed by atoms with Crippen LogP contribution in [0.2, 0.25) is 0 Å². The third kappa shape index (κ3) is 8.14. The molecule has 0 nitrogen and oxygen atoms in total. The fourth-order valence-corrected chi connectivity index (χ4v) is 10.2. The van der Waals surface area contributed by atoms with Crippen LogP contribution in [-0.2, 0) is 0 Å². The molecule has 0 spiro atoms. The van der Waals surface area contributed by atoms with E-state index in [0.717, 1.165) is 0 Å². The third-order valence-electron chi connectivity index (χ3n) is 13.6. The Bertz CT molecular complexity index is 8570. The molecular formula is C84H54.